The van der Waals surface area contributed by atoms with E-state index in [0.717, 1.165) is 51.0 Å². The van der Waals surface area contributed by atoms with Crippen LogP contribution in [0.4, 0.5) is 4.79 Å². The molecule has 1 aromatic rings. The van der Waals surface area contributed by atoms with Crippen molar-refractivity contribution in [1.82, 2.24) is 24.7 Å². The summed E-state index contributed by atoms with van der Waals surface area (Å²) in [4.78, 5) is 31.9. The van der Waals surface area contributed by atoms with Gasteiger partial charge in [-0.3, -0.25) is 9.69 Å². The van der Waals surface area contributed by atoms with Gasteiger partial charge < -0.3 is 19.9 Å². The van der Waals surface area contributed by atoms with E-state index in [2.05, 4.69) is 21.8 Å². The Bertz CT molecular complexity index is 656. The van der Waals surface area contributed by atoms with Crippen LogP contribution < -0.4 is 5.32 Å². The number of aryl methyl sites for hydroxylation is 1. The van der Waals surface area contributed by atoms with Gasteiger partial charge in [0.05, 0.1) is 12.6 Å². The zero-order valence-corrected chi connectivity index (χ0v) is 16.3. The Balaban J connectivity index is 1.48. The van der Waals surface area contributed by atoms with Crippen molar-refractivity contribution in [2.24, 2.45) is 0 Å². The molecule has 2 N–H and O–H groups in total. The van der Waals surface area contributed by atoms with Crippen molar-refractivity contribution in [3.63, 3.8) is 0 Å². The Hall–Kier alpha value is -2.09. The number of urea groups is 1. The van der Waals surface area contributed by atoms with Crippen LogP contribution in [0.15, 0.2) is 12.4 Å². The summed E-state index contributed by atoms with van der Waals surface area (Å²) in [7, 11) is 0. The average molecular weight is 377 g/mol. The molecule has 1 saturated heterocycles. The number of likely N-dealkylation sites (N-methyl/N-ethyl adjacent to an activating group) is 1. The number of aromatic nitrogens is 2. The summed E-state index contributed by atoms with van der Waals surface area (Å²) in [5, 5.41) is 12.1. The molecule has 0 bridgehead atoms. The van der Waals surface area contributed by atoms with Crippen molar-refractivity contribution in [2.75, 3.05) is 26.2 Å². The molecule has 150 valence electrons. The number of hydrogen-bond donors (Lipinski definition) is 2. The highest BCUT2D eigenvalue weighted by Gasteiger charge is 2.36. The molecule has 2 amide bonds. The van der Waals surface area contributed by atoms with Crippen molar-refractivity contribution in [3.05, 3.63) is 18.2 Å². The van der Waals surface area contributed by atoms with Crippen molar-refractivity contribution >= 4 is 12.0 Å². The molecule has 1 atom stereocenters. The van der Waals surface area contributed by atoms with Gasteiger partial charge in [0.2, 0.25) is 0 Å². The lowest BCUT2D eigenvalue weighted by Gasteiger charge is -2.43. The number of imidazole rings is 1. The maximum Gasteiger partial charge on any atom is 0.317 e. The number of nitrogens with one attached hydrogen (secondary N) is 1. The first-order chi connectivity index (χ1) is 13.0. The highest BCUT2D eigenvalue weighted by molar-refractivity contribution is 5.75. The number of carbonyl (C=O) groups is 2. The van der Waals surface area contributed by atoms with Crippen LogP contribution in [0.2, 0.25) is 0 Å². The van der Waals surface area contributed by atoms with E-state index >= 15 is 0 Å². The molecular formula is C19H31N5O3. The number of rotatable bonds is 7. The lowest BCUT2D eigenvalue weighted by molar-refractivity contribution is -0.139. The molecule has 2 fully saturated rings. The molecule has 1 aliphatic heterocycles. The van der Waals surface area contributed by atoms with E-state index < -0.39 is 5.97 Å². The Labute approximate surface area is 160 Å². The van der Waals surface area contributed by atoms with E-state index in [1.54, 1.807) is 0 Å². The number of likely N-dealkylation sites (tertiary alicyclic amines) is 1. The summed E-state index contributed by atoms with van der Waals surface area (Å²) < 4.78 is 2.21. The minimum absolute atomic E-state index is 0.00240. The molecular weight excluding hydrogens is 346 g/mol. The maximum atomic E-state index is 12.7. The van der Waals surface area contributed by atoms with Gasteiger partial charge in [-0.05, 0) is 32.2 Å². The fourth-order valence-corrected chi connectivity index (χ4v) is 4.26. The van der Waals surface area contributed by atoms with Gasteiger partial charge in [-0.25, -0.2) is 9.78 Å². The summed E-state index contributed by atoms with van der Waals surface area (Å²) in [5.74, 6) is 0.275. The molecule has 1 unspecified atom stereocenters. The van der Waals surface area contributed by atoms with Crippen LogP contribution in [0, 0.1) is 0 Å². The molecule has 8 nitrogen and oxygen atoms in total. The quantitative estimate of drug-likeness (QED) is 0.755. The predicted octanol–water partition coefficient (Wildman–Crippen LogP) is 1.73. The highest BCUT2D eigenvalue weighted by atomic mass is 16.4. The van der Waals surface area contributed by atoms with Gasteiger partial charge in [-0.1, -0.05) is 13.8 Å². The second-order valence-corrected chi connectivity index (χ2v) is 7.57. The normalized spacial score (nSPS) is 25.3. The fraction of sp³-hybridized carbons (Fsp3) is 0.737. The van der Waals surface area contributed by atoms with Gasteiger partial charge >= 0.3 is 12.0 Å². The molecule has 27 heavy (non-hydrogen) atoms. The first kappa shape index (κ1) is 19.7. The van der Waals surface area contributed by atoms with Gasteiger partial charge in [0.1, 0.15) is 5.82 Å². The van der Waals surface area contributed by atoms with E-state index in [1.807, 2.05) is 29.1 Å². The number of carboxylic acid groups (broad SMARTS) is 1. The van der Waals surface area contributed by atoms with Gasteiger partial charge in [-0.15, -0.1) is 0 Å². The average Bonchev–Trinajstić information content (AvgIpc) is 3.11. The van der Waals surface area contributed by atoms with Gasteiger partial charge in [-0.2, -0.15) is 0 Å². The number of nitrogens with zero attached hydrogens (tertiary/aromatic N) is 4. The third kappa shape index (κ3) is 4.61. The lowest BCUT2D eigenvalue weighted by atomic mass is 9.85. The van der Waals surface area contributed by atoms with E-state index in [-0.39, 0.29) is 24.7 Å². The zero-order valence-electron chi connectivity index (χ0n) is 16.3. The summed E-state index contributed by atoms with van der Waals surface area (Å²) in [5.41, 5.74) is 0. The van der Waals surface area contributed by atoms with Crippen molar-refractivity contribution in [3.8, 4) is 0 Å². The van der Waals surface area contributed by atoms with Crippen LogP contribution in [0.25, 0.3) is 0 Å². The standard InChI is InChI=1S/C19H31N5O3/c1-3-17-20-7-9-24(17)15-6-5-8-23(12-15)19(27)21-14-10-16(11-14)22(4-2)13-18(25)26/h7,9,14-16H,3-6,8,10-13H2,1-2H3,(H,21,27)(H,25,26). The monoisotopic (exact) mass is 377 g/mol. The van der Waals surface area contributed by atoms with Gasteiger partial charge in [0, 0.05) is 44.0 Å². The molecule has 0 radical (unpaired) electrons. The summed E-state index contributed by atoms with van der Waals surface area (Å²) >= 11 is 0. The Kier molecular flexibility index (Phi) is 6.36. The SMILES string of the molecule is CCc1nccn1C1CCCN(C(=O)NC2CC(N(CC)CC(=O)O)C2)C1. The summed E-state index contributed by atoms with van der Waals surface area (Å²) in [6.45, 7) is 6.36. The second kappa shape index (κ2) is 8.73. The Morgan fingerprint density at radius 1 is 1.37 bits per heavy atom. The van der Waals surface area contributed by atoms with Crippen LogP contribution in [0.1, 0.15) is 51.4 Å². The topological polar surface area (TPSA) is 90.7 Å². The van der Waals surface area contributed by atoms with Crippen LogP contribution in [0.5, 0.6) is 0 Å². The smallest absolute Gasteiger partial charge is 0.317 e. The molecule has 2 aliphatic rings. The number of aliphatic carboxylic acids is 1. The minimum Gasteiger partial charge on any atom is -0.480 e. The third-order valence-corrected chi connectivity index (χ3v) is 5.84. The second-order valence-electron chi connectivity index (χ2n) is 7.57. The summed E-state index contributed by atoms with van der Waals surface area (Å²) in [6.07, 6.45) is 8.46. The fourth-order valence-electron chi connectivity index (χ4n) is 4.26. The number of piperidine rings is 1. The van der Waals surface area contributed by atoms with Crippen molar-refractivity contribution in [1.29, 1.82) is 0 Å². The van der Waals surface area contributed by atoms with E-state index in [9.17, 15) is 9.59 Å². The van der Waals surface area contributed by atoms with Crippen molar-refractivity contribution in [2.45, 2.75) is 64.1 Å². The zero-order chi connectivity index (χ0) is 19.4. The Morgan fingerprint density at radius 3 is 2.81 bits per heavy atom. The third-order valence-electron chi connectivity index (χ3n) is 5.84. The van der Waals surface area contributed by atoms with Crippen molar-refractivity contribution < 1.29 is 14.7 Å². The molecule has 8 heteroatoms. The number of carboxylic acids is 1. The molecule has 1 saturated carbocycles. The minimum atomic E-state index is -0.797. The first-order valence-electron chi connectivity index (χ1n) is 10.0. The molecule has 0 aromatic carbocycles. The van der Waals surface area contributed by atoms with E-state index in [1.165, 1.54) is 0 Å². The number of carbonyl (C=O) groups excluding carboxylic acids is 1. The molecule has 1 aromatic heterocycles. The van der Waals surface area contributed by atoms with E-state index in [0.29, 0.717) is 12.6 Å². The van der Waals surface area contributed by atoms with Gasteiger partial charge in [0.15, 0.2) is 0 Å². The largest absolute Gasteiger partial charge is 0.480 e. The lowest BCUT2D eigenvalue weighted by Crippen LogP contribution is -2.57. The van der Waals surface area contributed by atoms with Crippen LogP contribution in [-0.2, 0) is 11.2 Å². The summed E-state index contributed by atoms with van der Waals surface area (Å²) in [6, 6.07) is 0.693. The van der Waals surface area contributed by atoms with Crippen LogP contribution >= 0.6 is 0 Å². The van der Waals surface area contributed by atoms with Gasteiger partial charge in [0.25, 0.3) is 0 Å². The predicted molar refractivity (Wildman–Crippen MR) is 102 cm³/mol. The molecule has 0 spiro atoms. The first-order valence-corrected chi connectivity index (χ1v) is 10.0. The van der Waals surface area contributed by atoms with Crippen LogP contribution in [0.3, 0.4) is 0 Å². The highest BCUT2D eigenvalue weighted by Crippen LogP contribution is 2.27. The molecule has 2 heterocycles. The van der Waals surface area contributed by atoms with E-state index in [4.69, 9.17) is 5.11 Å². The Morgan fingerprint density at radius 2 is 2.15 bits per heavy atom. The molecule has 1 aliphatic carbocycles. The maximum absolute atomic E-state index is 12.7. The molecule has 3 rings (SSSR count). The number of hydrogen-bond acceptors (Lipinski definition) is 4. The van der Waals surface area contributed by atoms with Crippen LogP contribution in [-0.4, -0.2) is 74.7 Å². The number of amides is 2.